The third-order valence-corrected chi connectivity index (χ3v) is 7.58. The third kappa shape index (κ3) is 2.81. The van der Waals surface area contributed by atoms with Gasteiger partial charge in [-0.15, -0.1) is 0 Å². The summed E-state index contributed by atoms with van der Waals surface area (Å²) in [6.07, 6.45) is 0.922. The Morgan fingerprint density at radius 2 is 1.62 bits per heavy atom. The van der Waals surface area contributed by atoms with Crippen LogP contribution in [0.5, 0.6) is 11.5 Å². The average molecular weight is 514 g/mol. The molecule has 0 saturated carbocycles. The summed E-state index contributed by atoms with van der Waals surface area (Å²) in [5.74, 6) is -1.40. The zero-order valence-electron chi connectivity index (χ0n) is 16.7. The van der Waals surface area contributed by atoms with Crippen LogP contribution in [0.3, 0.4) is 0 Å². The van der Waals surface area contributed by atoms with E-state index in [4.69, 9.17) is 55.9 Å². The Bertz CT molecular complexity index is 1270. The second-order valence-corrected chi connectivity index (χ2v) is 9.90. The van der Waals surface area contributed by atoms with Crippen LogP contribution in [0.2, 0.25) is 15.1 Å². The van der Waals surface area contributed by atoms with E-state index in [1.54, 1.807) is 6.07 Å². The molecule has 0 radical (unpaired) electrons. The van der Waals surface area contributed by atoms with Crippen molar-refractivity contribution in [2.45, 2.75) is 25.6 Å². The molecule has 1 aliphatic carbocycles. The maximum Gasteiger partial charge on any atom is 0.339 e. The molecule has 1 spiro atoms. The first-order valence-corrected chi connectivity index (χ1v) is 11.3. The van der Waals surface area contributed by atoms with Gasteiger partial charge in [0, 0.05) is 17.2 Å². The van der Waals surface area contributed by atoms with Crippen molar-refractivity contribution in [2.75, 3.05) is 0 Å². The molecule has 0 saturated heterocycles. The van der Waals surface area contributed by atoms with Crippen LogP contribution in [0.15, 0.2) is 46.7 Å². The van der Waals surface area contributed by atoms with Gasteiger partial charge in [-0.05, 0) is 29.7 Å². The molecule has 3 atom stereocenters. The number of benzene rings is 2. The molecule has 2 aliphatic heterocycles. The lowest BCUT2D eigenvalue weighted by Crippen LogP contribution is -2.50. The lowest BCUT2D eigenvalue weighted by molar-refractivity contribution is -0.0439. The second-order valence-electron chi connectivity index (χ2n) is 8.27. The predicted molar refractivity (Wildman–Crippen MR) is 122 cm³/mol. The molecule has 2 aromatic carbocycles. The van der Waals surface area contributed by atoms with E-state index in [2.05, 4.69) is 0 Å². The molecule has 0 bridgehead atoms. The van der Waals surface area contributed by atoms with Crippen LogP contribution in [0.25, 0.3) is 0 Å². The number of hydrogen-bond acceptors (Lipinski definition) is 5. The van der Waals surface area contributed by atoms with Gasteiger partial charge in [-0.1, -0.05) is 66.3 Å². The molecule has 9 heteroatoms. The number of carbonyl (C=O) groups is 1. The minimum Gasteiger partial charge on any atom is -0.506 e. The highest BCUT2D eigenvalue weighted by Gasteiger charge is 2.60. The Morgan fingerprint density at radius 1 is 0.969 bits per heavy atom. The van der Waals surface area contributed by atoms with E-state index >= 15 is 0 Å². The van der Waals surface area contributed by atoms with Crippen molar-refractivity contribution in [1.82, 2.24) is 0 Å². The Kier molecular flexibility index (Phi) is 4.92. The van der Waals surface area contributed by atoms with Crippen LogP contribution in [-0.4, -0.2) is 22.3 Å². The molecule has 2 aromatic rings. The zero-order chi connectivity index (χ0) is 23.1. The number of aliphatic hydroxyl groups is 1. The Morgan fingerprint density at radius 3 is 2.31 bits per heavy atom. The Labute approximate surface area is 203 Å². The fraction of sp³-hybridized carbons (Fsp3) is 0.261. The molecule has 32 heavy (non-hydrogen) atoms. The van der Waals surface area contributed by atoms with Gasteiger partial charge in [0.05, 0.1) is 26.5 Å². The first-order valence-electron chi connectivity index (χ1n) is 9.79. The van der Waals surface area contributed by atoms with Crippen molar-refractivity contribution in [3.63, 3.8) is 0 Å². The maximum absolute atomic E-state index is 13.0. The number of carbonyl (C=O) groups excluding carboxylic acids is 1. The molecule has 0 amide bonds. The summed E-state index contributed by atoms with van der Waals surface area (Å²) in [7, 11) is 0. The summed E-state index contributed by atoms with van der Waals surface area (Å²) in [6.45, 7) is 3.83. The smallest absolute Gasteiger partial charge is 0.339 e. The van der Waals surface area contributed by atoms with E-state index < -0.39 is 23.6 Å². The van der Waals surface area contributed by atoms with E-state index in [-0.39, 0.29) is 48.8 Å². The van der Waals surface area contributed by atoms with Crippen molar-refractivity contribution < 1.29 is 24.5 Å². The van der Waals surface area contributed by atoms with Crippen molar-refractivity contribution in [2.24, 2.45) is 11.8 Å². The number of ether oxygens (including phenoxy) is 2. The van der Waals surface area contributed by atoms with Crippen LogP contribution in [-0.2, 0) is 10.3 Å². The summed E-state index contributed by atoms with van der Waals surface area (Å²) in [5.41, 5.74) is 0.333. The number of rotatable bonds is 1. The lowest BCUT2D eigenvalue weighted by Gasteiger charge is -2.46. The average Bonchev–Trinajstić information content (AvgIpc) is 2.99. The van der Waals surface area contributed by atoms with E-state index in [0.29, 0.717) is 16.7 Å². The molecule has 5 nitrogen and oxygen atoms in total. The SMILES string of the molecule is CC(C)C1=CC2C(Oc3cc(O)c(Cl)cc3C23OC(=O)c2cc(Cl)c(Cl)cc23)C(Cl)=C1O. The summed E-state index contributed by atoms with van der Waals surface area (Å²) >= 11 is 25.4. The van der Waals surface area contributed by atoms with Gasteiger partial charge in [0.25, 0.3) is 0 Å². The van der Waals surface area contributed by atoms with Gasteiger partial charge in [-0.2, -0.15) is 0 Å². The van der Waals surface area contributed by atoms with E-state index in [1.807, 2.05) is 19.9 Å². The van der Waals surface area contributed by atoms with Crippen molar-refractivity contribution in [3.8, 4) is 11.5 Å². The van der Waals surface area contributed by atoms with Gasteiger partial charge in [0.2, 0.25) is 0 Å². The van der Waals surface area contributed by atoms with Gasteiger partial charge in [0.15, 0.2) is 5.60 Å². The normalized spacial score (nSPS) is 25.8. The standard InChI is InChI=1S/C23H16Cl4O5/c1-8(2)9-3-13-21(19(27)20(9)29)31-18-7-17(28)16(26)6-12(18)23(13)11-5-15(25)14(24)4-10(11)22(30)32-23/h3-8,13,21,28-29H,1-2H3. The van der Waals surface area contributed by atoms with Gasteiger partial charge >= 0.3 is 5.97 Å². The molecule has 2 heterocycles. The van der Waals surface area contributed by atoms with Crippen molar-refractivity contribution in [3.05, 3.63) is 78.5 Å². The predicted octanol–water partition coefficient (Wildman–Crippen LogP) is 6.75. The number of phenolic OH excluding ortho intramolecular Hbond substituents is 1. The molecular formula is C23H16Cl4O5. The maximum atomic E-state index is 13.0. The summed E-state index contributed by atoms with van der Waals surface area (Å²) in [5, 5.41) is 21.5. The minimum atomic E-state index is -1.42. The molecule has 2 N–H and O–H groups in total. The number of phenols is 1. The molecule has 3 aliphatic rings. The molecule has 166 valence electrons. The fourth-order valence-corrected chi connectivity index (χ4v) is 5.47. The fourth-order valence-electron chi connectivity index (χ4n) is 4.69. The van der Waals surface area contributed by atoms with Gasteiger partial charge in [0.1, 0.15) is 28.4 Å². The number of esters is 1. The zero-order valence-corrected chi connectivity index (χ0v) is 19.8. The van der Waals surface area contributed by atoms with Crippen molar-refractivity contribution in [1.29, 1.82) is 0 Å². The highest BCUT2D eigenvalue weighted by atomic mass is 35.5. The number of halogens is 4. The summed E-state index contributed by atoms with van der Waals surface area (Å²) < 4.78 is 12.2. The molecule has 3 unspecified atom stereocenters. The van der Waals surface area contributed by atoms with Crippen LogP contribution in [0.1, 0.15) is 35.3 Å². The highest BCUT2D eigenvalue weighted by Crippen LogP contribution is 2.59. The van der Waals surface area contributed by atoms with Gasteiger partial charge in [-0.25, -0.2) is 4.79 Å². The molecule has 0 fully saturated rings. The van der Waals surface area contributed by atoms with Crippen molar-refractivity contribution >= 4 is 52.4 Å². The molecule has 0 aromatic heterocycles. The highest BCUT2D eigenvalue weighted by molar-refractivity contribution is 6.42. The number of aromatic hydroxyl groups is 1. The topological polar surface area (TPSA) is 76.0 Å². The molecular weight excluding hydrogens is 498 g/mol. The second kappa shape index (κ2) is 7.22. The van der Waals surface area contributed by atoms with E-state index in [0.717, 1.165) is 0 Å². The minimum absolute atomic E-state index is 0.0584. The lowest BCUT2D eigenvalue weighted by atomic mass is 9.68. The third-order valence-electron chi connectivity index (χ3n) is 6.16. The monoisotopic (exact) mass is 512 g/mol. The first kappa shape index (κ1) is 21.8. The largest absolute Gasteiger partial charge is 0.506 e. The quantitative estimate of drug-likeness (QED) is 0.412. The summed E-state index contributed by atoms with van der Waals surface area (Å²) in [6, 6.07) is 5.89. The number of aliphatic hydroxyl groups excluding tert-OH is 1. The Balaban J connectivity index is 1.89. The van der Waals surface area contributed by atoms with Crippen LogP contribution in [0, 0.1) is 11.8 Å². The molecule has 5 rings (SSSR count). The van der Waals surface area contributed by atoms with Gasteiger partial charge in [-0.3, -0.25) is 0 Å². The van der Waals surface area contributed by atoms with Crippen LogP contribution in [0.4, 0.5) is 0 Å². The number of allylic oxidation sites excluding steroid dienone is 1. The van der Waals surface area contributed by atoms with Crippen LogP contribution < -0.4 is 4.74 Å². The van der Waals surface area contributed by atoms with Crippen LogP contribution >= 0.6 is 46.4 Å². The number of fused-ring (bicyclic) bond motifs is 6. The first-order chi connectivity index (χ1) is 15.1. The van der Waals surface area contributed by atoms with E-state index in [9.17, 15) is 15.0 Å². The summed E-state index contributed by atoms with van der Waals surface area (Å²) in [4.78, 5) is 13.0. The van der Waals surface area contributed by atoms with E-state index in [1.165, 1.54) is 18.2 Å². The van der Waals surface area contributed by atoms with Gasteiger partial charge < -0.3 is 19.7 Å². The number of hydrogen-bond donors (Lipinski definition) is 2. The Hall–Kier alpha value is -2.05.